The van der Waals surface area contributed by atoms with Gasteiger partial charge < -0.3 is 14.9 Å². The van der Waals surface area contributed by atoms with Gasteiger partial charge in [0.15, 0.2) is 0 Å². The van der Waals surface area contributed by atoms with E-state index in [4.69, 9.17) is 4.74 Å². The van der Waals surface area contributed by atoms with Gasteiger partial charge in [-0.15, -0.1) is 0 Å². The molecule has 5 heteroatoms. The van der Waals surface area contributed by atoms with E-state index < -0.39 is 17.3 Å². The molecule has 0 unspecified atom stereocenters. The van der Waals surface area contributed by atoms with Gasteiger partial charge in [0.05, 0.1) is 5.60 Å². The van der Waals surface area contributed by atoms with Gasteiger partial charge in [0.1, 0.15) is 11.4 Å². The molecule has 21 heavy (non-hydrogen) atoms. The minimum absolute atomic E-state index is 0.118. The quantitative estimate of drug-likeness (QED) is 0.796. The van der Waals surface area contributed by atoms with Crippen LogP contribution in [0.3, 0.4) is 0 Å². The summed E-state index contributed by atoms with van der Waals surface area (Å²) in [6.45, 7) is 5.36. The average Bonchev–Trinajstić information content (AvgIpc) is 3.04. The minimum atomic E-state index is -0.564. The maximum absolute atomic E-state index is 11.6. The molecule has 0 aliphatic heterocycles. The molecule has 116 valence electrons. The zero-order valence-corrected chi connectivity index (χ0v) is 12.8. The van der Waals surface area contributed by atoms with Crippen molar-refractivity contribution in [2.24, 2.45) is 0 Å². The highest BCUT2D eigenvalue weighted by atomic mass is 16.6. The van der Waals surface area contributed by atoms with E-state index in [1.54, 1.807) is 32.9 Å². The number of rotatable bonds is 4. The number of aryl methyl sites for hydroxylation is 1. The van der Waals surface area contributed by atoms with Crippen LogP contribution in [-0.2, 0) is 11.2 Å². The number of nitrogens with one attached hydrogen (secondary N) is 1. The number of benzene rings is 1. The minimum Gasteiger partial charge on any atom is -0.508 e. The molecule has 1 aliphatic rings. The topological polar surface area (TPSA) is 78.8 Å². The van der Waals surface area contributed by atoms with E-state index in [1.807, 2.05) is 0 Å². The van der Waals surface area contributed by atoms with Crippen molar-refractivity contribution in [1.29, 1.82) is 0 Å². The van der Waals surface area contributed by atoms with Crippen molar-refractivity contribution in [2.45, 2.75) is 57.7 Å². The van der Waals surface area contributed by atoms with E-state index >= 15 is 0 Å². The summed E-state index contributed by atoms with van der Waals surface area (Å²) < 4.78 is 5.15. The highest BCUT2D eigenvalue weighted by molar-refractivity contribution is 5.85. The highest BCUT2D eigenvalue weighted by Crippen LogP contribution is 2.40. The molecule has 0 aromatic heterocycles. The van der Waals surface area contributed by atoms with Crippen LogP contribution in [0.25, 0.3) is 0 Å². The van der Waals surface area contributed by atoms with Gasteiger partial charge >= 0.3 is 6.09 Å². The smallest absolute Gasteiger partial charge is 0.412 e. The largest absolute Gasteiger partial charge is 0.508 e. The molecular weight excluding hydrogens is 270 g/mol. The Bertz CT molecular complexity index is 530. The first-order valence-electron chi connectivity index (χ1n) is 7.21. The Morgan fingerprint density at radius 1 is 1.38 bits per heavy atom. The maximum Gasteiger partial charge on any atom is 0.412 e. The number of carbonyl (C=O) groups is 1. The van der Waals surface area contributed by atoms with Crippen LogP contribution in [0.1, 0.15) is 45.6 Å². The molecule has 0 saturated heterocycles. The molecule has 1 saturated carbocycles. The lowest BCUT2D eigenvalue weighted by molar-refractivity contribution is 0.0636. The van der Waals surface area contributed by atoms with Crippen molar-refractivity contribution in [1.82, 2.24) is 0 Å². The highest BCUT2D eigenvalue weighted by Gasteiger charge is 2.39. The van der Waals surface area contributed by atoms with Crippen LogP contribution in [0.15, 0.2) is 18.2 Å². The van der Waals surface area contributed by atoms with Gasteiger partial charge in [0.25, 0.3) is 0 Å². The number of hydrogen-bond acceptors (Lipinski definition) is 4. The summed E-state index contributed by atoms with van der Waals surface area (Å²) in [4.78, 5) is 11.6. The standard InChI is InChI=1S/C16H23NO4/c1-15(2,3)21-14(19)17-12-5-4-11(13(18)10-12)6-7-16(20)8-9-16/h4-5,10,18,20H,6-9H2,1-3H3,(H,17,19). The first-order chi connectivity index (χ1) is 9.67. The molecule has 0 atom stereocenters. The summed E-state index contributed by atoms with van der Waals surface area (Å²) in [5.74, 6) is 0.118. The molecule has 1 fully saturated rings. The monoisotopic (exact) mass is 293 g/mol. The summed E-state index contributed by atoms with van der Waals surface area (Å²) in [5, 5.41) is 22.4. The summed E-state index contributed by atoms with van der Waals surface area (Å²) in [6, 6.07) is 4.97. The van der Waals surface area contributed by atoms with E-state index in [0.29, 0.717) is 18.5 Å². The predicted octanol–water partition coefficient (Wildman–Crippen LogP) is 3.20. The lowest BCUT2D eigenvalue weighted by atomic mass is 10.0. The van der Waals surface area contributed by atoms with Crippen LogP contribution in [-0.4, -0.2) is 27.5 Å². The van der Waals surface area contributed by atoms with Gasteiger partial charge in [-0.1, -0.05) is 6.07 Å². The molecule has 3 N–H and O–H groups in total. The molecule has 0 heterocycles. The van der Waals surface area contributed by atoms with Gasteiger partial charge in [0.2, 0.25) is 0 Å². The third kappa shape index (κ3) is 4.93. The van der Waals surface area contributed by atoms with Crippen molar-refractivity contribution in [3.05, 3.63) is 23.8 Å². The van der Waals surface area contributed by atoms with Gasteiger partial charge in [-0.25, -0.2) is 4.79 Å². The lowest BCUT2D eigenvalue weighted by Crippen LogP contribution is -2.27. The number of phenols is 1. The molecular formula is C16H23NO4. The molecule has 1 aromatic carbocycles. The van der Waals surface area contributed by atoms with Crippen molar-refractivity contribution in [3.8, 4) is 5.75 Å². The number of aliphatic hydroxyl groups is 1. The van der Waals surface area contributed by atoms with E-state index in [0.717, 1.165) is 18.4 Å². The number of anilines is 1. The number of phenolic OH excluding ortho intramolecular Hbond substituents is 1. The fraction of sp³-hybridized carbons (Fsp3) is 0.562. The van der Waals surface area contributed by atoms with Crippen LogP contribution in [0.4, 0.5) is 10.5 Å². The average molecular weight is 293 g/mol. The third-order valence-electron chi connectivity index (χ3n) is 3.42. The number of aromatic hydroxyl groups is 1. The second-order valence-electron chi connectivity index (χ2n) is 6.69. The first kappa shape index (κ1) is 15.6. The van der Waals surface area contributed by atoms with Crippen molar-refractivity contribution >= 4 is 11.8 Å². The Balaban J connectivity index is 1.93. The Kier molecular flexibility index (Phi) is 4.14. The van der Waals surface area contributed by atoms with E-state index in [-0.39, 0.29) is 5.75 Å². The molecule has 0 spiro atoms. The van der Waals surface area contributed by atoms with Gasteiger partial charge in [-0.05, 0) is 58.1 Å². The summed E-state index contributed by atoms with van der Waals surface area (Å²) in [6.07, 6.45) is 2.40. The molecule has 1 aliphatic carbocycles. The molecule has 1 aromatic rings. The van der Waals surface area contributed by atoms with E-state index in [2.05, 4.69) is 5.32 Å². The fourth-order valence-corrected chi connectivity index (χ4v) is 2.04. The second kappa shape index (κ2) is 5.56. The number of ether oxygens (including phenoxy) is 1. The third-order valence-corrected chi connectivity index (χ3v) is 3.42. The Morgan fingerprint density at radius 2 is 2.05 bits per heavy atom. The molecule has 1 amide bonds. The number of carbonyl (C=O) groups excluding carboxylic acids is 1. The number of hydrogen-bond donors (Lipinski definition) is 3. The second-order valence-corrected chi connectivity index (χ2v) is 6.69. The van der Waals surface area contributed by atoms with E-state index in [1.165, 1.54) is 6.07 Å². The maximum atomic E-state index is 11.6. The van der Waals surface area contributed by atoms with Crippen LogP contribution in [0, 0.1) is 0 Å². The summed E-state index contributed by atoms with van der Waals surface area (Å²) >= 11 is 0. The zero-order chi connectivity index (χ0) is 15.7. The van der Waals surface area contributed by atoms with Gasteiger partial charge in [-0.2, -0.15) is 0 Å². The fourth-order valence-electron chi connectivity index (χ4n) is 2.04. The zero-order valence-electron chi connectivity index (χ0n) is 12.8. The Labute approximate surface area is 124 Å². The molecule has 0 radical (unpaired) electrons. The number of amides is 1. The molecule has 5 nitrogen and oxygen atoms in total. The first-order valence-corrected chi connectivity index (χ1v) is 7.21. The van der Waals surface area contributed by atoms with Crippen molar-refractivity contribution in [2.75, 3.05) is 5.32 Å². The van der Waals surface area contributed by atoms with Gasteiger partial charge in [0, 0.05) is 11.8 Å². The normalized spacial score (nSPS) is 16.4. The Morgan fingerprint density at radius 3 is 2.57 bits per heavy atom. The van der Waals surface area contributed by atoms with Crippen LogP contribution in [0.5, 0.6) is 5.75 Å². The summed E-state index contributed by atoms with van der Waals surface area (Å²) in [5.41, 5.74) is 0.159. The molecule has 2 rings (SSSR count). The Hall–Kier alpha value is -1.75. The van der Waals surface area contributed by atoms with Crippen LogP contribution < -0.4 is 5.32 Å². The van der Waals surface area contributed by atoms with Crippen molar-refractivity contribution < 1.29 is 19.7 Å². The molecule has 0 bridgehead atoms. The van der Waals surface area contributed by atoms with E-state index in [9.17, 15) is 15.0 Å². The lowest BCUT2D eigenvalue weighted by Gasteiger charge is -2.19. The van der Waals surface area contributed by atoms with Crippen molar-refractivity contribution in [3.63, 3.8) is 0 Å². The van der Waals surface area contributed by atoms with Crippen LogP contribution >= 0.6 is 0 Å². The van der Waals surface area contributed by atoms with Crippen LogP contribution in [0.2, 0.25) is 0 Å². The summed E-state index contributed by atoms with van der Waals surface area (Å²) in [7, 11) is 0. The van der Waals surface area contributed by atoms with Gasteiger partial charge in [-0.3, -0.25) is 5.32 Å². The SMILES string of the molecule is CC(C)(C)OC(=O)Nc1ccc(CCC2(O)CC2)c(O)c1. The predicted molar refractivity (Wildman–Crippen MR) is 80.5 cm³/mol.